The standard InChI is InChI=1S/C12H9FO4S/c13-9-1-3-10(4-2-9)18(16)7-8-5-6-17-11(8)12(14)15/h1-6H,7H2,(H,14,15). The van der Waals surface area contributed by atoms with Crippen LogP contribution in [-0.2, 0) is 16.6 Å². The molecule has 2 aromatic rings. The molecule has 1 aromatic heterocycles. The van der Waals surface area contributed by atoms with Gasteiger partial charge in [-0.25, -0.2) is 9.18 Å². The third-order valence-electron chi connectivity index (χ3n) is 2.30. The summed E-state index contributed by atoms with van der Waals surface area (Å²) in [5.41, 5.74) is 0.352. The van der Waals surface area contributed by atoms with Crippen molar-refractivity contribution in [3.8, 4) is 0 Å². The molecule has 0 saturated carbocycles. The Balaban J connectivity index is 2.19. The zero-order valence-electron chi connectivity index (χ0n) is 9.13. The lowest BCUT2D eigenvalue weighted by Crippen LogP contribution is -2.02. The molecule has 94 valence electrons. The van der Waals surface area contributed by atoms with Crippen LogP contribution in [0.2, 0.25) is 0 Å². The Kier molecular flexibility index (Phi) is 3.57. The molecule has 4 nitrogen and oxygen atoms in total. The van der Waals surface area contributed by atoms with Crippen molar-refractivity contribution in [1.29, 1.82) is 0 Å². The maximum Gasteiger partial charge on any atom is 0.372 e. The Morgan fingerprint density at radius 3 is 2.56 bits per heavy atom. The van der Waals surface area contributed by atoms with Crippen LogP contribution in [-0.4, -0.2) is 15.3 Å². The summed E-state index contributed by atoms with van der Waals surface area (Å²) in [6, 6.07) is 6.70. The number of benzene rings is 1. The molecule has 0 saturated heterocycles. The average molecular weight is 268 g/mol. The zero-order chi connectivity index (χ0) is 13.1. The number of carboxylic acid groups (broad SMARTS) is 1. The van der Waals surface area contributed by atoms with Crippen molar-refractivity contribution in [1.82, 2.24) is 0 Å². The number of hydrogen-bond acceptors (Lipinski definition) is 3. The second-order valence-corrected chi connectivity index (χ2v) is 4.98. The molecule has 0 bridgehead atoms. The predicted octanol–water partition coefficient (Wildman–Crippen LogP) is 2.42. The topological polar surface area (TPSA) is 67.5 Å². The smallest absolute Gasteiger partial charge is 0.372 e. The molecule has 1 N–H and O–H groups in total. The molecule has 1 atom stereocenters. The van der Waals surface area contributed by atoms with Crippen molar-refractivity contribution >= 4 is 16.8 Å². The van der Waals surface area contributed by atoms with E-state index < -0.39 is 22.6 Å². The van der Waals surface area contributed by atoms with Crippen LogP contribution >= 0.6 is 0 Å². The highest BCUT2D eigenvalue weighted by molar-refractivity contribution is 7.84. The second-order valence-electron chi connectivity index (χ2n) is 3.52. The van der Waals surface area contributed by atoms with Gasteiger partial charge in [0.25, 0.3) is 0 Å². The minimum Gasteiger partial charge on any atom is -0.475 e. The number of furan rings is 1. The molecule has 0 aliphatic rings. The van der Waals surface area contributed by atoms with Gasteiger partial charge in [-0.05, 0) is 30.3 Å². The van der Waals surface area contributed by atoms with Crippen LogP contribution in [0.4, 0.5) is 4.39 Å². The van der Waals surface area contributed by atoms with E-state index in [4.69, 9.17) is 9.52 Å². The van der Waals surface area contributed by atoms with Crippen molar-refractivity contribution in [2.24, 2.45) is 0 Å². The average Bonchev–Trinajstić information content (AvgIpc) is 2.78. The molecule has 18 heavy (non-hydrogen) atoms. The fraction of sp³-hybridized carbons (Fsp3) is 0.0833. The number of carboxylic acids is 1. The lowest BCUT2D eigenvalue weighted by molar-refractivity contribution is 0.0661. The van der Waals surface area contributed by atoms with Crippen LogP contribution in [0.1, 0.15) is 16.1 Å². The number of hydrogen-bond donors (Lipinski definition) is 1. The first-order chi connectivity index (χ1) is 8.58. The summed E-state index contributed by atoms with van der Waals surface area (Å²) in [6.45, 7) is 0. The first-order valence-electron chi connectivity index (χ1n) is 5.01. The third-order valence-corrected chi connectivity index (χ3v) is 3.68. The van der Waals surface area contributed by atoms with E-state index in [9.17, 15) is 13.4 Å². The van der Waals surface area contributed by atoms with E-state index in [1.54, 1.807) is 0 Å². The molecule has 0 spiro atoms. The van der Waals surface area contributed by atoms with Crippen molar-refractivity contribution in [2.75, 3.05) is 0 Å². The lowest BCUT2D eigenvalue weighted by Gasteiger charge is -2.01. The summed E-state index contributed by atoms with van der Waals surface area (Å²) >= 11 is 0. The zero-order valence-corrected chi connectivity index (χ0v) is 9.95. The molecule has 1 aromatic carbocycles. The summed E-state index contributed by atoms with van der Waals surface area (Å²) in [4.78, 5) is 11.2. The first kappa shape index (κ1) is 12.5. The molecule has 0 radical (unpaired) electrons. The number of carbonyl (C=O) groups is 1. The Morgan fingerprint density at radius 2 is 1.94 bits per heavy atom. The van der Waals surface area contributed by atoms with Crippen molar-refractivity contribution in [3.63, 3.8) is 0 Å². The maximum absolute atomic E-state index is 12.7. The molecule has 1 heterocycles. The van der Waals surface area contributed by atoms with Gasteiger partial charge in [0.15, 0.2) is 0 Å². The molecule has 0 aliphatic carbocycles. The van der Waals surface area contributed by atoms with Gasteiger partial charge < -0.3 is 9.52 Å². The van der Waals surface area contributed by atoms with Crippen LogP contribution in [0.15, 0.2) is 45.9 Å². The summed E-state index contributed by atoms with van der Waals surface area (Å²) in [6.07, 6.45) is 1.24. The highest BCUT2D eigenvalue weighted by atomic mass is 32.2. The van der Waals surface area contributed by atoms with Gasteiger partial charge in [-0.15, -0.1) is 0 Å². The van der Waals surface area contributed by atoms with E-state index in [1.165, 1.54) is 36.6 Å². The molecule has 6 heteroatoms. The molecule has 2 rings (SSSR count). The normalized spacial score (nSPS) is 12.3. The van der Waals surface area contributed by atoms with Crippen molar-refractivity contribution in [3.05, 3.63) is 53.7 Å². The molecule has 1 unspecified atom stereocenters. The second kappa shape index (κ2) is 5.14. The van der Waals surface area contributed by atoms with Crippen LogP contribution in [0.25, 0.3) is 0 Å². The van der Waals surface area contributed by atoms with Crippen LogP contribution < -0.4 is 0 Å². The largest absolute Gasteiger partial charge is 0.475 e. The van der Waals surface area contributed by atoms with Gasteiger partial charge >= 0.3 is 5.97 Å². The fourth-order valence-corrected chi connectivity index (χ4v) is 2.56. The van der Waals surface area contributed by atoms with Crippen LogP contribution in [0, 0.1) is 5.82 Å². The predicted molar refractivity (Wildman–Crippen MR) is 62.2 cm³/mol. The van der Waals surface area contributed by atoms with E-state index in [0.717, 1.165) is 0 Å². The van der Waals surface area contributed by atoms with Crippen LogP contribution in [0.3, 0.4) is 0 Å². The van der Waals surface area contributed by atoms with Gasteiger partial charge in [0, 0.05) is 10.5 Å². The van der Waals surface area contributed by atoms with E-state index in [2.05, 4.69) is 0 Å². The summed E-state index contributed by atoms with van der Waals surface area (Å²) in [5.74, 6) is -1.81. The van der Waals surface area contributed by atoms with E-state index in [0.29, 0.717) is 10.5 Å². The van der Waals surface area contributed by atoms with Gasteiger partial charge in [0.2, 0.25) is 5.76 Å². The molecule has 0 amide bonds. The third kappa shape index (κ3) is 2.65. The van der Waals surface area contributed by atoms with Gasteiger partial charge in [0.05, 0.1) is 22.8 Å². The number of halogens is 1. The van der Waals surface area contributed by atoms with Crippen molar-refractivity contribution < 1.29 is 22.9 Å². The molecular formula is C12H9FO4S. The van der Waals surface area contributed by atoms with Gasteiger partial charge in [0.1, 0.15) is 5.82 Å². The SMILES string of the molecule is O=C(O)c1occc1CS(=O)c1ccc(F)cc1. The first-order valence-corrected chi connectivity index (χ1v) is 6.33. The number of aromatic carboxylic acids is 1. The Morgan fingerprint density at radius 1 is 1.28 bits per heavy atom. The molecule has 0 fully saturated rings. The fourth-order valence-electron chi connectivity index (χ4n) is 1.45. The van der Waals surface area contributed by atoms with E-state index in [-0.39, 0.29) is 11.5 Å². The minimum absolute atomic E-state index is 0.0176. The summed E-state index contributed by atoms with van der Waals surface area (Å²) in [7, 11) is -1.44. The Bertz CT molecular complexity index is 588. The Hall–Kier alpha value is -1.95. The quantitative estimate of drug-likeness (QED) is 0.924. The van der Waals surface area contributed by atoms with Gasteiger partial charge in [-0.2, -0.15) is 0 Å². The maximum atomic E-state index is 12.7. The molecular weight excluding hydrogens is 259 g/mol. The van der Waals surface area contributed by atoms with E-state index >= 15 is 0 Å². The molecule has 0 aliphatic heterocycles. The van der Waals surface area contributed by atoms with Gasteiger partial charge in [-0.3, -0.25) is 4.21 Å². The Labute approximate surface area is 105 Å². The highest BCUT2D eigenvalue weighted by Gasteiger charge is 2.16. The summed E-state index contributed by atoms with van der Waals surface area (Å²) in [5, 5.41) is 8.83. The van der Waals surface area contributed by atoms with Crippen LogP contribution in [0.5, 0.6) is 0 Å². The van der Waals surface area contributed by atoms with Crippen molar-refractivity contribution in [2.45, 2.75) is 10.6 Å². The van der Waals surface area contributed by atoms with Gasteiger partial charge in [-0.1, -0.05) is 0 Å². The minimum atomic E-state index is -1.44. The number of rotatable bonds is 4. The monoisotopic (exact) mass is 268 g/mol. The summed E-state index contributed by atoms with van der Waals surface area (Å²) < 4.78 is 29.4. The van der Waals surface area contributed by atoms with E-state index in [1.807, 2.05) is 0 Å². The highest BCUT2D eigenvalue weighted by Crippen LogP contribution is 2.17. The lowest BCUT2D eigenvalue weighted by atomic mass is 10.3.